The molecule has 2 aromatic rings. The minimum atomic E-state index is 0.942. The standard InChI is InChI=1S/C9H7NS2/c11-12-9-6-5-7-3-1-2-4-8(7)10-9/h1-6,11H. The van der Waals surface area contributed by atoms with E-state index in [1.54, 1.807) is 0 Å². The second-order valence-electron chi connectivity index (χ2n) is 2.43. The van der Waals surface area contributed by atoms with Crippen LogP contribution >= 0.6 is 22.5 Å². The minimum absolute atomic E-state index is 0.942. The van der Waals surface area contributed by atoms with Crippen LogP contribution in [-0.4, -0.2) is 4.98 Å². The molecule has 0 aliphatic rings. The van der Waals surface area contributed by atoms with Gasteiger partial charge in [-0.2, -0.15) is 0 Å². The van der Waals surface area contributed by atoms with Crippen LogP contribution < -0.4 is 0 Å². The van der Waals surface area contributed by atoms with Gasteiger partial charge in [0.2, 0.25) is 0 Å². The Balaban J connectivity index is 2.67. The molecular formula is C9H7NS2. The van der Waals surface area contributed by atoms with E-state index in [-0.39, 0.29) is 0 Å². The number of aromatic nitrogens is 1. The Morgan fingerprint density at radius 2 is 1.92 bits per heavy atom. The molecule has 1 heterocycles. The molecule has 1 nitrogen and oxygen atoms in total. The number of fused-ring (bicyclic) bond motifs is 1. The second kappa shape index (κ2) is 3.37. The van der Waals surface area contributed by atoms with E-state index < -0.39 is 0 Å². The zero-order valence-corrected chi connectivity index (χ0v) is 7.98. The van der Waals surface area contributed by atoms with Crippen molar-refractivity contribution in [2.24, 2.45) is 0 Å². The molecule has 0 fully saturated rings. The molecule has 0 aliphatic carbocycles. The highest BCUT2D eigenvalue weighted by Crippen LogP contribution is 2.21. The maximum Gasteiger partial charge on any atom is 0.107 e. The third kappa shape index (κ3) is 1.42. The van der Waals surface area contributed by atoms with E-state index in [1.165, 1.54) is 16.2 Å². The van der Waals surface area contributed by atoms with Gasteiger partial charge in [0.15, 0.2) is 0 Å². The smallest absolute Gasteiger partial charge is 0.107 e. The Morgan fingerprint density at radius 3 is 2.75 bits per heavy atom. The van der Waals surface area contributed by atoms with Crippen LogP contribution in [0.4, 0.5) is 0 Å². The number of pyridine rings is 1. The minimum Gasteiger partial charge on any atom is -0.241 e. The molecule has 3 heteroatoms. The molecule has 12 heavy (non-hydrogen) atoms. The second-order valence-corrected chi connectivity index (χ2v) is 3.58. The Bertz CT molecular complexity index is 400. The lowest BCUT2D eigenvalue weighted by molar-refractivity contribution is 1.20. The molecule has 0 atom stereocenters. The molecule has 0 N–H and O–H groups in total. The van der Waals surface area contributed by atoms with Crippen LogP contribution in [0.3, 0.4) is 0 Å². The predicted molar refractivity (Wildman–Crippen MR) is 56.6 cm³/mol. The summed E-state index contributed by atoms with van der Waals surface area (Å²) in [6.07, 6.45) is 0. The van der Waals surface area contributed by atoms with Crippen LogP contribution in [0, 0.1) is 0 Å². The van der Waals surface area contributed by atoms with Gasteiger partial charge in [0.05, 0.1) is 5.52 Å². The molecule has 1 aromatic heterocycles. The van der Waals surface area contributed by atoms with Gasteiger partial charge in [-0.3, -0.25) is 0 Å². The highest BCUT2D eigenvalue weighted by Gasteiger charge is 1.94. The van der Waals surface area contributed by atoms with Gasteiger partial charge in [0, 0.05) is 5.39 Å². The van der Waals surface area contributed by atoms with Crippen molar-refractivity contribution in [3.8, 4) is 0 Å². The molecule has 0 bridgehead atoms. The summed E-state index contributed by atoms with van der Waals surface area (Å²) in [7, 11) is 1.37. The third-order valence-corrected chi connectivity index (χ3v) is 2.64. The zero-order chi connectivity index (χ0) is 8.39. The molecule has 0 unspecified atom stereocenters. The van der Waals surface area contributed by atoms with E-state index in [2.05, 4.69) is 28.8 Å². The summed E-state index contributed by atoms with van der Waals surface area (Å²) in [6.45, 7) is 0. The summed E-state index contributed by atoms with van der Waals surface area (Å²) in [4.78, 5) is 4.38. The molecule has 60 valence electrons. The van der Waals surface area contributed by atoms with Gasteiger partial charge in [-0.1, -0.05) is 24.3 Å². The number of hydrogen-bond acceptors (Lipinski definition) is 3. The first-order chi connectivity index (χ1) is 5.90. The van der Waals surface area contributed by atoms with Crippen LogP contribution in [0.25, 0.3) is 10.9 Å². The highest BCUT2D eigenvalue weighted by atomic mass is 33.1. The summed E-state index contributed by atoms with van der Waals surface area (Å²) in [5.41, 5.74) is 1.02. The summed E-state index contributed by atoms with van der Waals surface area (Å²) >= 11 is 4.09. The SMILES string of the molecule is SSc1ccc2ccccc2n1. The first-order valence-electron chi connectivity index (χ1n) is 3.57. The van der Waals surface area contributed by atoms with Crippen LogP contribution in [0.15, 0.2) is 41.4 Å². The lowest BCUT2D eigenvalue weighted by atomic mass is 10.2. The Labute approximate surface area is 80.0 Å². The summed E-state index contributed by atoms with van der Waals surface area (Å²) < 4.78 is 0. The maximum atomic E-state index is 4.38. The monoisotopic (exact) mass is 193 g/mol. The van der Waals surface area contributed by atoms with E-state index in [0.29, 0.717) is 0 Å². The van der Waals surface area contributed by atoms with Gasteiger partial charge < -0.3 is 0 Å². The van der Waals surface area contributed by atoms with Crippen LogP contribution in [0.5, 0.6) is 0 Å². The van der Waals surface area contributed by atoms with Crippen molar-refractivity contribution >= 4 is 33.4 Å². The topological polar surface area (TPSA) is 12.9 Å². The van der Waals surface area contributed by atoms with E-state index in [0.717, 1.165) is 10.5 Å². The van der Waals surface area contributed by atoms with Crippen molar-refractivity contribution < 1.29 is 0 Å². The fourth-order valence-electron chi connectivity index (χ4n) is 1.10. The van der Waals surface area contributed by atoms with Gasteiger partial charge in [-0.15, -0.1) is 11.7 Å². The molecule has 0 saturated carbocycles. The van der Waals surface area contributed by atoms with Gasteiger partial charge in [-0.05, 0) is 22.9 Å². The van der Waals surface area contributed by atoms with Crippen molar-refractivity contribution in [2.45, 2.75) is 5.03 Å². The fraction of sp³-hybridized carbons (Fsp3) is 0. The number of para-hydroxylation sites is 1. The fourth-order valence-corrected chi connectivity index (χ4v) is 1.67. The van der Waals surface area contributed by atoms with E-state index in [4.69, 9.17) is 0 Å². The quantitative estimate of drug-likeness (QED) is 0.552. The van der Waals surface area contributed by atoms with E-state index >= 15 is 0 Å². The summed E-state index contributed by atoms with van der Waals surface area (Å²) in [6, 6.07) is 12.1. The van der Waals surface area contributed by atoms with Gasteiger partial charge in [-0.25, -0.2) is 4.98 Å². The summed E-state index contributed by atoms with van der Waals surface area (Å²) in [5.74, 6) is 0. The normalized spacial score (nSPS) is 10.4. The zero-order valence-electron chi connectivity index (χ0n) is 6.27. The molecule has 1 aromatic carbocycles. The van der Waals surface area contributed by atoms with Gasteiger partial charge >= 0.3 is 0 Å². The molecule has 0 amide bonds. The van der Waals surface area contributed by atoms with Crippen molar-refractivity contribution in [3.05, 3.63) is 36.4 Å². The molecular weight excluding hydrogens is 186 g/mol. The number of thiol groups is 1. The average molecular weight is 193 g/mol. The first kappa shape index (κ1) is 7.95. The number of rotatable bonds is 1. The average Bonchev–Trinajstić information content (AvgIpc) is 2.17. The molecule has 0 radical (unpaired) electrons. The third-order valence-electron chi connectivity index (χ3n) is 1.67. The number of nitrogens with zero attached hydrogens (tertiary/aromatic N) is 1. The Hall–Kier alpha value is -0.670. The van der Waals surface area contributed by atoms with Crippen molar-refractivity contribution in [1.82, 2.24) is 4.98 Å². The van der Waals surface area contributed by atoms with Gasteiger partial charge in [0.1, 0.15) is 5.03 Å². The lowest BCUT2D eigenvalue weighted by Gasteiger charge is -1.97. The molecule has 0 spiro atoms. The van der Waals surface area contributed by atoms with Crippen LogP contribution in [-0.2, 0) is 0 Å². The maximum absolute atomic E-state index is 4.38. The van der Waals surface area contributed by atoms with E-state index in [1.807, 2.05) is 24.3 Å². The largest absolute Gasteiger partial charge is 0.241 e. The molecule has 2 rings (SSSR count). The molecule has 0 aliphatic heterocycles. The van der Waals surface area contributed by atoms with Crippen molar-refractivity contribution in [3.63, 3.8) is 0 Å². The first-order valence-corrected chi connectivity index (χ1v) is 5.44. The summed E-state index contributed by atoms with van der Waals surface area (Å²) in [5, 5.41) is 2.11. The lowest BCUT2D eigenvalue weighted by Crippen LogP contribution is -1.79. The highest BCUT2D eigenvalue weighted by molar-refractivity contribution is 8.68. The van der Waals surface area contributed by atoms with Crippen LogP contribution in [0.1, 0.15) is 0 Å². The van der Waals surface area contributed by atoms with E-state index in [9.17, 15) is 0 Å². The number of benzene rings is 1. The number of hydrogen-bond donors (Lipinski definition) is 1. The van der Waals surface area contributed by atoms with Gasteiger partial charge in [0.25, 0.3) is 0 Å². The van der Waals surface area contributed by atoms with Crippen molar-refractivity contribution in [2.75, 3.05) is 0 Å². The predicted octanol–water partition coefficient (Wildman–Crippen LogP) is 3.17. The Kier molecular flexibility index (Phi) is 2.23. The van der Waals surface area contributed by atoms with Crippen LogP contribution in [0.2, 0.25) is 0 Å². The Morgan fingerprint density at radius 1 is 1.08 bits per heavy atom. The van der Waals surface area contributed by atoms with Crippen molar-refractivity contribution in [1.29, 1.82) is 0 Å². The molecule has 0 saturated heterocycles.